The summed E-state index contributed by atoms with van der Waals surface area (Å²) >= 11 is 8.26. The van der Waals surface area contributed by atoms with Crippen LogP contribution in [0.5, 0.6) is 5.75 Å². The van der Waals surface area contributed by atoms with Gasteiger partial charge in [-0.05, 0) is 81.1 Å². The molecule has 1 N–H and O–H groups in total. The molecular weight excluding hydrogens is 573 g/mol. The van der Waals surface area contributed by atoms with Crippen LogP contribution in [0.25, 0.3) is 21.2 Å². The number of methoxy groups -OCH3 is 1. The zero-order valence-electron chi connectivity index (χ0n) is 22.3. The van der Waals surface area contributed by atoms with E-state index in [0.717, 1.165) is 63.9 Å². The topological polar surface area (TPSA) is 54.5 Å². The number of ether oxygens (including phenoxy) is 1. The van der Waals surface area contributed by atoms with Crippen LogP contribution in [0.2, 0.25) is 5.02 Å². The molecule has 1 fully saturated rings. The van der Waals surface area contributed by atoms with Crippen molar-refractivity contribution in [2.45, 2.75) is 51.2 Å². The lowest BCUT2D eigenvalue weighted by Gasteiger charge is -2.37. The van der Waals surface area contributed by atoms with E-state index >= 15 is 0 Å². The average Bonchev–Trinajstić information content (AvgIpc) is 3.27. The third kappa shape index (κ3) is 6.69. The van der Waals surface area contributed by atoms with Gasteiger partial charge in [-0.15, -0.1) is 36.2 Å². The highest BCUT2D eigenvalue weighted by Gasteiger charge is 2.32. The first kappa shape index (κ1) is 31.2. The zero-order valence-corrected chi connectivity index (χ0v) is 25.5. The highest BCUT2D eigenvalue weighted by atomic mass is 35.5. The van der Waals surface area contributed by atoms with E-state index in [2.05, 4.69) is 28.5 Å². The number of aryl methyl sites for hydroxylation is 1. The molecule has 0 atom stereocenters. The van der Waals surface area contributed by atoms with Crippen molar-refractivity contribution in [2.75, 3.05) is 14.2 Å². The Labute approximate surface area is 251 Å². The number of carbonyl (C=O) groups is 1. The van der Waals surface area contributed by atoms with E-state index in [0.29, 0.717) is 22.5 Å². The fourth-order valence-corrected chi connectivity index (χ4v) is 6.78. The molecule has 1 saturated carbocycles. The summed E-state index contributed by atoms with van der Waals surface area (Å²) in [5.41, 5.74) is 4.12. The maximum absolute atomic E-state index is 14.2. The Hall–Kier alpha value is -2.35. The molecule has 2 heterocycles. The zero-order chi connectivity index (χ0) is 25.9. The molecule has 0 spiro atoms. The predicted octanol–water partition coefficient (Wildman–Crippen LogP) is 7.95. The van der Waals surface area contributed by atoms with Crippen LogP contribution in [0.4, 0.5) is 0 Å². The fourth-order valence-electron chi connectivity index (χ4n) is 5.32. The molecule has 208 valence electrons. The van der Waals surface area contributed by atoms with Crippen LogP contribution in [0.1, 0.15) is 46.6 Å². The minimum Gasteiger partial charge on any atom is -0.496 e. The Balaban J connectivity index is 0.00000210. The number of hydrogen-bond donors (Lipinski definition) is 1. The molecule has 0 radical (unpaired) electrons. The Morgan fingerprint density at radius 2 is 1.79 bits per heavy atom. The summed E-state index contributed by atoms with van der Waals surface area (Å²) in [4.78, 5) is 21.1. The van der Waals surface area contributed by atoms with Crippen LogP contribution in [0, 0.1) is 6.92 Å². The molecule has 5 nitrogen and oxygen atoms in total. The van der Waals surface area contributed by atoms with E-state index in [1.165, 1.54) is 11.3 Å². The van der Waals surface area contributed by atoms with Crippen LogP contribution < -0.4 is 10.1 Å². The third-order valence-corrected chi connectivity index (χ3v) is 9.05. The van der Waals surface area contributed by atoms with Gasteiger partial charge in [0.25, 0.3) is 5.91 Å². The van der Waals surface area contributed by atoms with Crippen LogP contribution in [-0.2, 0) is 6.54 Å². The summed E-state index contributed by atoms with van der Waals surface area (Å²) in [5.74, 6) is 0.769. The smallest absolute Gasteiger partial charge is 0.266 e. The lowest BCUT2D eigenvalue weighted by Crippen LogP contribution is -2.44. The molecule has 1 amide bonds. The number of benzene rings is 2. The maximum Gasteiger partial charge on any atom is 0.266 e. The van der Waals surface area contributed by atoms with Gasteiger partial charge in [0.1, 0.15) is 10.6 Å². The number of nitrogens with zero attached hydrogens (tertiary/aromatic N) is 2. The summed E-state index contributed by atoms with van der Waals surface area (Å²) in [5, 5.41) is 4.88. The molecule has 1 aliphatic rings. The number of pyridine rings is 1. The summed E-state index contributed by atoms with van der Waals surface area (Å²) in [7, 11) is 3.70. The predicted molar refractivity (Wildman–Crippen MR) is 167 cm³/mol. The van der Waals surface area contributed by atoms with Gasteiger partial charge in [0.05, 0.1) is 12.1 Å². The van der Waals surface area contributed by atoms with Crippen molar-refractivity contribution in [2.24, 2.45) is 0 Å². The van der Waals surface area contributed by atoms with E-state index in [-0.39, 0.29) is 36.8 Å². The highest BCUT2D eigenvalue weighted by Crippen LogP contribution is 2.38. The van der Waals surface area contributed by atoms with Crippen molar-refractivity contribution < 1.29 is 9.53 Å². The highest BCUT2D eigenvalue weighted by molar-refractivity contribution is 7.21. The molecule has 0 bridgehead atoms. The summed E-state index contributed by atoms with van der Waals surface area (Å²) in [6.45, 7) is 2.45. The first-order valence-electron chi connectivity index (χ1n) is 12.7. The van der Waals surface area contributed by atoms with Crippen molar-refractivity contribution in [3.8, 4) is 16.9 Å². The molecular formula is C30H34Cl3N3O2S. The standard InChI is InChI=1S/C30H32ClN3O2S.2ClH/c1-19-16-21(14-15-33-19)20-8-13-26(36-3)22(17-20)18-34(24-11-9-23(32-2)10-12-24)30(35)29-28(31)25-6-4-5-7-27(25)37-29;;/h4-8,13-17,23-24,32H,9-12,18H2,1-3H3;2*1H. The summed E-state index contributed by atoms with van der Waals surface area (Å²) in [6, 6.07) is 18.9. The van der Waals surface area contributed by atoms with Gasteiger partial charge in [-0.2, -0.15) is 0 Å². The number of thiophene rings is 1. The van der Waals surface area contributed by atoms with E-state index < -0.39 is 0 Å². The second-order valence-electron chi connectivity index (χ2n) is 9.68. The maximum atomic E-state index is 14.2. The van der Waals surface area contributed by atoms with Crippen molar-refractivity contribution >= 4 is 63.7 Å². The van der Waals surface area contributed by atoms with E-state index in [1.54, 1.807) is 7.11 Å². The van der Waals surface area contributed by atoms with Crippen LogP contribution in [0.15, 0.2) is 60.8 Å². The van der Waals surface area contributed by atoms with Gasteiger partial charge in [0.2, 0.25) is 0 Å². The number of amides is 1. The largest absolute Gasteiger partial charge is 0.496 e. The van der Waals surface area contributed by atoms with Crippen LogP contribution in [-0.4, -0.2) is 42.0 Å². The molecule has 1 aliphatic carbocycles. The normalized spacial score (nSPS) is 16.7. The number of fused-ring (bicyclic) bond motifs is 1. The molecule has 2 aromatic carbocycles. The molecule has 5 rings (SSSR count). The summed E-state index contributed by atoms with van der Waals surface area (Å²) < 4.78 is 6.79. The van der Waals surface area contributed by atoms with Crippen molar-refractivity contribution in [3.05, 3.63) is 82.0 Å². The molecule has 2 aromatic heterocycles. The van der Waals surface area contributed by atoms with Gasteiger partial charge in [-0.25, -0.2) is 0 Å². The first-order chi connectivity index (χ1) is 18.0. The second-order valence-corrected chi connectivity index (χ2v) is 11.1. The molecule has 9 heteroatoms. The van der Waals surface area contributed by atoms with E-state index in [1.807, 2.05) is 61.5 Å². The summed E-state index contributed by atoms with van der Waals surface area (Å²) in [6.07, 6.45) is 5.81. The fraction of sp³-hybridized carbons (Fsp3) is 0.333. The van der Waals surface area contributed by atoms with E-state index in [4.69, 9.17) is 16.3 Å². The van der Waals surface area contributed by atoms with E-state index in [9.17, 15) is 4.79 Å². The molecule has 0 unspecified atom stereocenters. The number of carbonyl (C=O) groups excluding carboxylic acids is 1. The monoisotopic (exact) mass is 605 g/mol. The molecule has 0 aliphatic heterocycles. The molecule has 4 aromatic rings. The minimum atomic E-state index is -0.00804. The number of hydrogen-bond acceptors (Lipinski definition) is 5. The Bertz CT molecular complexity index is 1420. The minimum absolute atomic E-state index is 0. The van der Waals surface area contributed by atoms with Gasteiger partial charge >= 0.3 is 0 Å². The number of nitrogens with one attached hydrogen (secondary N) is 1. The van der Waals surface area contributed by atoms with Gasteiger partial charge < -0.3 is 15.0 Å². The number of aromatic nitrogens is 1. The van der Waals surface area contributed by atoms with Gasteiger partial charge in [-0.3, -0.25) is 9.78 Å². The second kappa shape index (κ2) is 13.8. The third-order valence-electron chi connectivity index (χ3n) is 7.39. The Morgan fingerprint density at radius 3 is 2.46 bits per heavy atom. The van der Waals surface area contributed by atoms with Crippen molar-refractivity contribution in [1.29, 1.82) is 0 Å². The van der Waals surface area contributed by atoms with Crippen LogP contribution >= 0.6 is 47.8 Å². The lowest BCUT2D eigenvalue weighted by atomic mass is 9.89. The van der Waals surface area contributed by atoms with Crippen LogP contribution in [0.3, 0.4) is 0 Å². The SMILES string of the molecule is CNC1CCC(N(Cc2cc(-c3ccnc(C)c3)ccc2OC)C(=O)c2sc3ccccc3c2Cl)CC1.Cl.Cl. The van der Waals surface area contributed by atoms with Gasteiger partial charge in [0, 0.05) is 46.2 Å². The van der Waals surface area contributed by atoms with Crippen molar-refractivity contribution in [1.82, 2.24) is 15.2 Å². The molecule has 39 heavy (non-hydrogen) atoms. The molecule has 0 saturated heterocycles. The number of rotatable bonds is 7. The number of halogens is 3. The Kier molecular flexibility index (Phi) is 11.1. The lowest BCUT2D eigenvalue weighted by molar-refractivity contribution is 0.0604. The van der Waals surface area contributed by atoms with Crippen molar-refractivity contribution in [3.63, 3.8) is 0 Å². The first-order valence-corrected chi connectivity index (χ1v) is 13.9. The average molecular weight is 607 g/mol. The quantitative estimate of drug-likeness (QED) is 0.232. The Morgan fingerprint density at radius 1 is 1.08 bits per heavy atom. The van der Waals surface area contributed by atoms with Gasteiger partial charge in [-0.1, -0.05) is 35.9 Å². The van der Waals surface area contributed by atoms with Gasteiger partial charge in [0.15, 0.2) is 0 Å².